The Kier molecular flexibility index (Phi) is 4.60. The molecule has 0 aliphatic rings. The van der Waals surface area contributed by atoms with Crippen molar-refractivity contribution in [3.05, 3.63) is 65.6 Å². The number of ether oxygens (including phenoxy) is 1. The van der Waals surface area contributed by atoms with Gasteiger partial charge in [0, 0.05) is 5.39 Å². The van der Waals surface area contributed by atoms with Crippen LogP contribution in [0.5, 0.6) is 5.75 Å². The van der Waals surface area contributed by atoms with Gasteiger partial charge in [0.05, 0.1) is 25.4 Å². The molecule has 0 radical (unpaired) electrons. The van der Waals surface area contributed by atoms with Crippen molar-refractivity contribution in [2.45, 2.75) is 6.54 Å². The number of halogens is 1. The number of nitrogens with zero attached hydrogens (tertiary/aromatic N) is 1. The molecule has 1 heterocycles. The van der Waals surface area contributed by atoms with Crippen LogP contribution in [0.3, 0.4) is 0 Å². The minimum Gasteiger partial charge on any atom is -0.486 e. The largest absolute Gasteiger partial charge is 0.486 e. The van der Waals surface area contributed by atoms with Gasteiger partial charge < -0.3 is 13.6 Å². The first-order valence-electron chi connectivity index (χ1n) is 7.70. The fourth-order valence-corrected chi connectivity index (χ4v) is 2.92. The first kappa shape index (κ1) is 15.9. The van der Waals surface area contributed by atoms with Gasteiger partial charge in [-0.25, -0.2) is 0 Å². The minimum absolute atomic E-state index is 0.603. The SMILES string of the molecule is C[N+](C)(CCOc1ccc2ccccc2c1Cl)Cc1ccco1. The fourth-order valence-electron chi connectivity index (χ4n) is 2.63. The number of quaternary nitrogens is 1. The molecule has 0 spiro atoms. The second-order valence-electron chi connectivity index (χ2n) is 6.34. The number of hydrogen-bond acceptors (Lipinski definition) is 2. The van der Waals surface area contributed by atoms with Gasteiger partial charge in [0.15, 0.2) is 5.76 Å². The van der Waals surface area contributed by atoms with Crippen molar-refractivity contribution in [1.29, 1.82) is 0 Å². The Bertz CT molecular complexity index is 781. The standard InChI is InChI=1S/C19H21ClNO2/c1-21(2,14-16-7-5-12-22-16)11-13-23-18-10-9-15-6-3-4-8-17(15)19(18)20/h3-10,12H,11,13-14H2,1-2H3/q+1. The lowest BCUT2D eigenvalue weighted by Gasteiger charge is -2.28. The third kappa shape index (κ3) is 3.87. The highest BCUT2D eigenvalue weighted by molar-refractivity contribution is 6.37. The smallest absolute Gasteiger partial charge is 0.158 e. The van der Waals surface area contributed by atoms with Gasteiger partial charge in [-0.1, -0.05) is 41.9 Å². The molecule has 23 heavy (non-hydrogen) atoms. The Morgan fingerprint density at radius 2 is 1.87 bits per heavy atom. The van der Waals surface area contributed by atoms with Crippen LogP contribution in [0.15, 0.2) is 59.2 Å². The van der Waals surface area contributed by atoms with Crippen molar-refractivity contribution in [3.8, 4) is 5.75 Å². The Balaban J connectivity index is 1.63. The van der Waals surface area contributed by atoms with Crippen molar-refractivity contribution in [2.75, 3.05) is 27.2 Å². The summed E-state index contributed by atoms with van der Waals surface area (Å²) in [6.07, 6.45) is 1.71. The molecular weight excluding hydrogens is 310 g/mol. The summed E-state index contributed by atoms with van der Waals surface area (Å²) in [5.41, 5.74) is 0. The first-order chi connectivity index (χ1) is 11.1. The topological polar surface area (TPSA) is 22.4 Å². The van der Waals surface area contributed by atoms with Crippen molar-refractivity contribution < 1.29 is 13.6 Å². The third-order valence-corrected chi connectivity index (χ3v) is 4.34. The molecule has 0 aliphatic heterocycles. The molecular formula is C19H21ClNO2+. The van der Waals surface area contributed by atoms with Gasteiger partial charge in [-0.05, 0) is 23.6 Å². The Morgan fingerprint density at radius 1 is 1.04 bits per heavy atom. The molecule has 0 fully saturated rings. The molecule has 0 amide bonds. The van der Waals surface area contributed by atoms with Crippen LogP contribution in [0, 0.1) is 0 Å². The maximum Gasteiger partial charge on any atom is 0.158 e. The monoisotopic (exact) mass is 330 g/mol. The lowest BCUT2D eigenvalue weighted by molar-refractivity contribution is -0.904. The quantitative estimate of drug-likeness (QED) is 0.609. The normalized spacial score (nSPS) is 11.8. The Labute approximate surface area is 141 Å². The molecule has 0 atom stereocenters. The zero-order valence-corrected chi connectivity index (χ0v) is 14.2. The zero-order valence-electron chi connectivity index (χ0n) is 13.5. The molecule has 3 rings (SSSR count). The Hall–Kier alpha value is -1.97. The van der Waals surface area contributed by atoms with Crippen molar-refractivity contribution in [3.63, 3.8) is 0 Å². The maximum absolute atomic E-state index is 6.46. The van der Waals surface area contributed by atoms with Gasteiger partial charge in [0.25, 0.3) is 0 Å². The third-order valence-electron chi connectivity index (χ3n) is 3.95. The molecule has 0 bridgehead atoms. The van der Waals surface area contributed by atoms with Gasteiger partial charge in [-0.3, -0.25) is 0 Å². The molecule has 120 valence electrons. The molecule has 0 saturated heterocycles. The van der Waals surface area contributed by atoms with Crippen LogP contribution in [0.2, 0.25) is 5.02 Å². The molecule has 0 aliphatic carbocycles. The molecule has 0 unspecified atom stereocenters. The average Bonchev–Trinajstić information content (AvgIpc) is 3.02. The molecule has 0 saturated carbocycles. The van der Waals surface area contributed by atoms with Crippen molar-refractivity contribution in [1.82, 2.24) is 0 Å². The highest BCUT2D eigenvalue weighted by Crippen LogP contribution is 2.32. The number of hydrogen-bond donors (Lipinski definition) is 0. The number of fused-ring (bicyclic) bond motifs is 1. The van der Waals surface area contributed by atoms with Gasteiger partial charge in [-0.15, -0.1) is 0 Å². The summed E-state index contributed by atoms with van der Waals surface area (Å²) in [5, 5.41) is 2.83. The van der Waals surface area contributed by atoms with E-state index in [1.807, 2.05) is 48.5 Å². The number of benzene rings is 2. The van der Waals surface area contributed by atoms with Crippen LogP contribution in [0.1, 0.15) is 5.76 Å². The van der Waals surface area contributed by atoms with E-state index in [1.54, 1.807) is 6.26 Å². The maximum atomic E-state index is 6.46. The van der Waals surface area contributed by atoms with Gasteiger partial charge in [-0.2, -0.15) is 0 Å². The van der Waals surface area contributed by atoms with E-state index in [0.717, 1.165) is 39.9 Å². The van der Waals surface area contributed by atoms with E-state index in [0.29, 0.717) is 11.6 Å². The van der Waals surface area contributed by atoms with E-state index in [2.05, 4.69) is 14.1 Å². The summed E-state index contributed by atoms with van der Waals surface area (Å²) in [4.78, 5) is 0. The van der Waals surface area contributed by atoms with E-state index in [1.165, 1.54) is 0 Å². The number of rotatable bonds is 6. The number of likely N-dealkylation sites (N-methyl/N-ethyl adjacent to an activating group) is 1. The van der Waals surface area contributed by atoms with Crippen LogP contribution in [0.4, 0.5) is 0 Å². The van der Waals surface area contributed by atoms with Gasteiger partial charge >= 0.3 is 0 Å². The molecule has 0 N–H and O–H groups in total. The molecule has 2 aromatic carbocycles. The van der Waals surface area contributed by atoms with Crippen LogP contribution in [0.25, 0.3) is 10.8 Å². The summed E-state index contributed by atoms with van der Waals surface area (Å²) in [6.45, 7) is 2.30. The van der Waals surface area contributed by atoms with Crippen molar-refractivity contribution in [2.24, 2.45) is 0 Å². The van der Waals surface area contributed by atoms with Crippen molar-refractivity contribution >= 4 is 22.4 Å². The predicted molar refractivity (Wildman–Crippen MR) is 93.8 cm³/mol. The summed E-state index contributed by atoms with van der Waals surface area (Å²) in [5.74, 6) is 1.72. The lowest BCUT2D eigenvalue weighted by atomic mass is 10.1. The predicted octanol–water partition coefficient (Wildman–Crippen LogP) is 4.74. The molecule has 1 aromatic heterocycles. The second kappa shape index (κ2) is 6.65. The van der Waals surface area contributed by atoms with E-state index in [9.17, 15) is 0 Å². The average molecular weight is 331 g/mol. The highest BCUT2D eigenvalue weighted by Gasteiger charge is 2.18. The molecule has 3 aromatic rings. The van der Waals surface area contributed by atoms with E-state index in [-0.39, 0.29) is 0 Å². The van der Waals surface area contributed by atoms with Crippen LogP contribution < -0.4 is 4.74 Å². The number of furan rings is 1. The molecule has 4 heteroatoms. The summed E-state index contributed by atoms with van der Waals surface area (Å²) in [6, 6.07) is 16.0. The fraction of sp³-hybridized carbons (Fsp3) is 0.263. The Morgan fingerprint density at radius 3 is 2.65 bits per heavy atom. The van der Waals surface area contributed by atoms with Gasteiger partial charge in [0.1, 0.15) is 25.4 Å². The molecule has 3 nitrogen and oxygen atoms in total. The highest BCUT2D eigenvalue weighted by atomic mass is 35.5. The van der Waals surface area contributed by atoms with Crippen LogP contribution in [-0.2, 0) is 6.54 Å². The van der Waals surface area contributed by atoms with Crippen LogP contribution >= 0.6 is 11.6 Å². The zero-order chi connectivity index (χ0) is 16.3. The summed E-state index contributed by atoms with van der Waals surface area (Å²) in [7, 11) is 4.32. The lowest BCUT2D eigenvalue weighted by Crippen LogP contribution is -2.41. The summed E-state index contributed by atoms with van der Waals surface area (Å²) >= 11 is 6.46. The summed E-state index contributed by atoms with van der Waals surface area (Å²) < 4.78 is 12.1. The van der Waals surface area contributed by atoms with Crippen LogP contribution in [-0.4, -0.2) is 31.7 Å². The van der Waals surface area contributed by atoms with E-state index >= 15 is 0 Å². The van der Waals surface area contributed by atoms with E-state index in [4.69, 9.17) is 20.8 Å². The van der Waals surface area contributed by atoms with Gasteiger partial charge in [0.2, 0.25) is 0 Å². The van der Waals surface area contributed by atoms with E-state index < -0.39 is 0 Å². The first-order valence-corrected chi connectivity index (χ1v) is 8.07. The second-order valence-corrected chi connectivity index (χ2v) is 6.72. The minimum atomic E-state index is 0.603.